The van der Waals surface area contributed by atoms with Crippen molar-refractivity contribution in [2.75, 3.05) is 5.75 Å². The molecule has 0 aliphatic carbocycles. The average Bonchev–Trinajstić information content (AvgIpc) is 2.14. The number of hydrogen-bond acceptors (Lipinski definition) is 3. The zero-order valence-electron chi connectivity index (χ0n) is 4.86. The number of carbonyl (C=O) groups excluding carboxylic acids is 1. The van der Waals surface area contributed by atoms with Gasteiger partial charge in [-0.2, -0.15) is 0 Å². The van der Waals surface area contributed by atoms with Crippen LogP contribution < -0.4 is 5.32 Å². The zero-order chi connectivity index (χ0) is 6.85. The van der Waals surface area contributed by atoms with Crippen molar-refractivity contribution in [2.45, 2.75) is 6.04 Å². The molecule has 58 valence electrons. The fourth-order valence-corrected chi connectivity index (χ4v) is 1.29. The van der Waals surface area contributed by atoms with Gasteiger partial charge in [-0.1, -0.05) is 11.8 Å². The van der Waals surface area contributed by atoms with Crippen LogP contribution in [-0.4, -0.2) is 28.1 Å². The van der Waals surface area contributed by atoms with Gasteiger partial charge in [-0.15, -0.1) is 12.4 Å². The maximum atomic E-state index is 10.3. The molecule has 0 spiro atoms. The van der Waals surface area contributed by atoms with Crippen LogP contribution in [0.2, 0.25) is 0 Å². The van der Waals surface area contributed by atoms with Crippen molar-refractivity contribution in [1.82, 2.24) is 5.32 Å². The molecular formula is C4H6ClNO3S. The van der Waals surface area contributed by atoms with Gasteiger partial charge in [0.2, 0.25) is 0 Å². The Kier molecular flexibility index (Phi) is 3.52. The van der Waals surface area contributed by atoms with Gasteiger partial charge in [0, 0.05) is 5.75 Å². The van der Waals surface area contributed by atoms with Crippen molar-refractivity contribution in [1.29, 1.82) is 0 Å². The molecule has 1 atom stereocenters. The van der Waals surface area contributed by atoms with Gasteiger partial charge in [0.25, 0.3) is 5.24 Å². The Morgan fingerprint density at radius 2 is 2.40 bits per heavy atom. The van der Waals surface area contributed by atoms with E-state index in [0.717, 1.165) is 11.8 Å². The van der Waals surface area contributed by atoms with E-state index in [1.807, 2.05) is 0 Å². The lowest BCUT2D eigenvalue weighted by atomic mass is 10.4. The summed E-state index contributed by atoms with van der Waals surface area (Å²) in [6.07, 6.45) is 0. The number of thioether (sulfide) groups is 1. The van der Waals surface area contributed by atoms with Crippen LogP contribution in [0.25, 0.3) is 0 Å². The Hall–Kier alpha value is -0.420. The van der Waals surface area contributed by atoms with Crippen molar-refractivity contribution in [3.05, 3.63) is 0 Å². The van der Waals surface area contributed by atoms with Gasteiger partial charge in [0.15, 0.2) is 0 Å². The van der Waals surface area contributed by atoms with Crippen molar-refractivity contribution < 1.29 is 14.7 Å². The third-order valence-electron chi connectivity index (χ3n) is 0.971. The second-order valence-electron chi connectivity index (χ2n) is 1.63. The van der Waals surface area contributed by atoms with E-state index in [1.165, 1.54) is 0 Å². The molecule has 0 unspecified atom stereocenters. The average molecular weight is 184 g/mol. The molecule has 1 rings (SSSR count). The second-order valence-corrected chi connectivity index (χ2v) is 2.63. The largest absolute Gasteiger partial charge is 0.480 e. The van der Waals surface area contributed by atoms with Crippen LogP contribution in [0.4, 0.5) is 4.79 Å². The number of carboxylic acids is 1. The summed E-state index contributed by atoms with van der Waals surface area (Å²) in [5.74, 6) is -0.623. The maximum Gasteiger partial charge on any atom is 0.327 e. The number of carboxylic acid groups (broad SMARTS) is 1. The standard InChI is InChI=1S/C4H5NO3S.ClH/c6-3(7)2-1-9-4(8)5-2;/h2H,1H2,(H,5,8)(H,6,7);1H/t2-;/m0./s1. The highest BCUT2D eigenvalue weighted by molar-refractivity contribution is 8.14. The fourth-order valence-electron chi connectivity index (χ4n) is 0.518. The van der Waals surface area contributed by atoms with E-state index in [9.17, 15) is 9.59 Å². The molecule has 1 saturated heterocycles. The van der Waals surface area contributed by atoms with Crippen molar-refractivity contribution in [3.63, 3.8) is 0 Å². The van der Waals surface area contributed by atoms with Crippen LogP contribution in [0.1, 0.15) is 0 Å². The third-order valence-corrected chi connectivity index (χ3v) is 1.85. The minimum Gasteiger partial charge on any atom is -0.480 e. The van der Waals surface area contributed by atoms with E-state index in [1.54, 1.807) is 0 Å². The number of rotatable bonds is 1. The van der Waals surface area contributed by atoms with Crippen molar-refractivity contribution in [3.8, 4) is 0 Å². The van der Waals surface area contributed by atoms with Gasteiger partial charge in [-0.05, 0) is 0 Å². The Bertz CT molecular complexity index is 163. The van der Waals surface area contributed by atoms with Crippen LogP contribution >= 0.6 is 24.2 Å². The molecule has 4 nitrogen and oxygen atoms in total. The van der Waals surface area contributed by atoms with Crippen LogP contribution in [0, 0.1) is 0 Å². The van der Waals surface area contributed by atoms with E-state index >= 15 is 0 Å². The molecule has 0 radical (unpaired) electrons. The first-order chi connectivity index (χ1) is 4.20. The van der Waals surface area contributed by atoms with Crippen LogP contribution in [0.15, 0.2) is 0 Å². The van der Waals surface area contributed by atoms with Gasteiger partial charge < -0.3 is 10.4 Å². The molecule has 0 aromatic heterocycles. The smallest absolute Gasteiger partial charge is 0.327 e. The predicted molar refractivity (Wildman–Crippen MR) is 39.7 cm³/mol. The monoisotopic (exact) mass is 183 g/mol. The summed E-state index contributed by atoms with van der Waals surface area (Å²) in [5, 5.41) is 10.3. The second kappa shape index (κ2) is 3.68. The molecule has 1 amide bonds. The first-order valence-electron chi connectivity index (χ1n) is 2.36. The van der Waals surface area contributed by atoms with E-state index in [-0.39, 0.29) is 17.6 Å². The number of aliphatic carboxylic acids is 1. The Balaban J connectivity index is 0.000000810. The minimum absolute atomic E-state index is 0. The molecular weight excluding hydrogens is 178 g/mol. The molecule has 0 saturated carbocycles. The van der Waals surface area contributed by atoms with Crippen molar-refractivity contribution >= 4 is 35.4 Å². The Labute approximate surface area is 67.8 Å². The highest BCUT2D eigenvalue weighted by Gasteiger charge is 2.27. The minimum atomic E-state index is -0.964. The fraction of sp³-hybridized carbons (Fsp3) is 0.500. The number of nitrogens with one attached hydrogen (secondary N) is 1. The van der Waals surface area contributed by atoms with E-state index in [2.05, 4.69) is 5.32 Å². The molecule has 1 aliphatic heterocycles. The van der Waals surface area contributed by atoms with Crippen LogP contribution in [-0.2, 0) is 4.79 Å². The molecule has 10 heavy (non-hydrogen) atoms. The van der Waals surface area contributed by atoms with Gasteiger partial charge in [0.1, 0.15) is 6.04 Å². The van der Waals surface area contributed by atoms with Gasteiger partial charge in [0.05, 0.1) is 0 Å². The number of hydrogen-bond donors (Lipinski definition) is 2. The van der Waals surface area contributed by atoms with Crippen LogP contribution in [0.5, 0.6) is 0 Å². The number of amides is 1. The van der Waals surface area contributed by atoms with E-state index in [4.69, 9.17) is 5.11 Å². The normalized spacial score (nSPS) is 23.2. The lowest BCUT2D eigenvalue weighted by molar-refractivity contribution is -0.138. The molecule has 1 aliphatic rings. The van der Waals surface area contributed by atoms with E-state index in [0.29, 0.717) is 5.75 Å². The number of halogens is 1. The third kappa shape index (κ3) is 2.07. The molecule has 1 heterocycles. The highest BCUT2D eigenvalue weighted by Crippen LogP contribution is 2.12. The van der Waals surface area contributed by atoms with Gasteiger partial charge in [-0.25, -0.2) is 4.79 Å². The summed E-state index contributed by atoms with van der Waals surface area (Å²) in [5.41, 5.74) is 0. The van der Waals surface area contributed by atoms with Crippen LogP contribution in [0.3, 0.4) is 0 Å². The highest BCUT2D eigenvalue weighted by atomic mass is 35.5. The van der Waals surface area contributed by atoms with Gasteiger partial charge in [-0.3, -0.25) is 4.79 Å². The summed E-state index contributed by atoms with van der Waals surface area (Å²) in [4.78, 5) is 20.5. The SMILES string of the molecule is Cl.O=C1N[C@H](C(=O)O)CS1. The Morgan fingerprint density at radius 3 is 2.60 bits per heavy atom. The lowest BCUT2D eigenvalue weighted by Gasteiger charge is -1.98. The zero-order valence-corrected chi connectivity index (χ0v) is 6.50. The summed E-state index contributed by atoms with van der Waals surface area (Å²) in [7, 11) is 0. The predicted octanol–water partition coefficient (Wildman–Crippen LogP) is 0.318. The lowest BCUT2D eigenvalue weighted by Crippen LogP contribution is -2.33. The molecule has 0 aromatic carbocycles. The summed E-state index contributed by atoms with van der Waals surface area (Å²) < 4.78 is 0. The maximum absolute atomic E-state index is 10.3. The van der Waals surface area contributed by atoms with E-state index < -0.39 is 12.0 Å². The molecule has 1 fully saturated rings. The quantitative estimate of drug-likeness (QED) is 0.615. The number of carbonyl (C=O) groups is 2. The first kappa shape index (κ1) is 9.58. The summed E-state index contributed by atoms with van der Waals surface area (Å²) in [6.45, 7) is 0. The van der Waals surface area contributed by atoms with Crippen molar-refractivity contribution in [2.24, 2.45) is 0 Å². The molecule has 2 N–H and O–H groups in total. The molecule has 0 aromatic rings. The first-order valence-corrected chi connectivity index (χ1v) is 3.35. The summed E-state index contributed by atoms with van der Waals surface area (Å²) >= 11 is 1.00. The molecule has 0 bridgehead atoms. The topological polar surface area (TPSA) is 66.4 Å². The van der Waals surface area contributed by atoms with Gasteiger partial charge >= 0.3 is 5.97 Å². The molecule has 6 heteroatoms. The Morgan fingerprint density at radius 1 is 1.80 bits per heavy atom. The summed E-state index contributed by atoms with van der Waals surface area (Å²) in [6, 6.07) is -0.678.